The predicted octanol–water partition coefficient (Wildman–Crippen LogP) is 1.10. The van der Waals surface area contributed by atoms with Crippen LogP contribution in [0.15, 0.2) is 18.2 Å². The first-order valence-corrected chi connectivity index (χ1v) is 4.90. The van der Waals surface area contributed by atoms with Crippen molar-refractivity contribution in [2.45, 2.75) is 6.42 Å². The van der Waals surface area contributed by atoms with E-state index in [4.69, 9.17) is 17.3 Å². The van der Waals surface area contributed by atoms with Gasteiger partial charge in [-0.2, -0.15) is 0 Å². The molecule has 5 heteroatoms. The van der Waals surface area contributed by atoms with Crippen molar-refractivity contribution in [2.24, 2.45) is 5.73 Å². The van der Waals surface area contributed by atoms with E-state index in [9.17, 15) is 9.18 Å². The van der Waals surface area contributed by atoms with Gasteiger partial charge in [0.1, 0.15) is 5.82 Å². The normalized spacial score (nSPS) is 10.3. The number of benzene rings is 1. The summed E-state index contributed by atoms with van der Waals surface area (Å²) in [6, 6.07) is 4.39. The molecular formula is C10H12ClFN2O. The van der Waals surface area contributed by atoms with Crippen LogP contribution in [0.2, 0.25) is 5.02 Å². The van der Waals surface area contributed by atoms with Gasteiger partial charge in [-0.15, -0.1) is 0 Å². The number of carbonyl (C=O) groups excluding carboxylic acids is 1. The zero-order chi connectivity index (χ0) is 11.3. The van der Waals surface area contributed by atoms with E-state index in [1.54, 1.807) is 6.07 Å². The number of primary amides is 1. The molecule has 1 aromatic rings. The van der Waals surface area contributed by atoms with Gasteiger partial charge in [0.05, 0.1) is 6.54 Å². The molecule has 1 aromatic carbocycles. The fraction of sp³-hybridized carbons (Fsp3) is 0.300. The van der Waals surface area contributed by atoms with Gasteiger partial charge in [0, 0.05) is 5.02 Å². The van der Waals surface area contributed by atoms with Gasteiger partial charge in [-0.05, 0) is 36.7 Å². The van der Waals surface area contributed by atoms with Gasteiger partial charge < -0.3 is 11.1 Å². The van der Waals surface area contributed by atoms with Crippen LogP contribution in [-0.2, 0) is 11.2 Å². The Balaban J connectivity index is 2.43. The second-order valence-corrected chi connectivity index (χ2v) is 3.57. The number of rotatable bonds is 5. The summed E-state index contributed by atoms with van der Waals surface area (Å²) in [4.78, 5) is 10.4. The highest BCUT2D eigenvalue weighted by molar-refractivity contribution is 6.30. The number of hydrogen-bond acceptors (Lipinski definition) is 2. The molecule has 1 rings (SSSR count). The Bertz CT molecular complexity index is 357. The van der Waals surface area contributed by atoms with Crippen LogP contribution in [0, 0.1) is 5.82 Å². The van der Waals surface area contributed by atoms with Crippen LogP contribution in [0.3, 0.4) is 0 Å². The fourth-order valence-corrected chi connectivity index (χ4v) is 1.36. The average molecular weight is 231 g/mol. The molecule has 82 valence electrons. The maximum Gasteiger partial charge on any atom is 0.231 e. The molecule has 0 spiro atoms. The Morgan fingerprint density at radius 3 is 2.93 bits per heavy atom. The second-order valence-electron chi connectivity index (χ2n) is 3.13. The average Bonchev–Trinajstić information content (AvgIpc) is 2.17. The highest BCUT2D eigenvalue weighted by Crippen LogP contribution is 2.14. The molecule has 0 saturated carbocycles. The Morgan fingerprint density at radius 1 is 1.53 bits per heavy atom. The van der Waals surface area contributed by atoms with E-state index in [1.807, 2.05) is 0 Å². The number of nitrogens with one attached hydrogen (secondary N) is 1. The molecule has 0 unspecified atom stereocenters. The molecule has 15 heavy (non-hydrogen) atoms. The van der Waals surface area contributed by atoms with E-state index >= 15 is 0 Å². The Morgan fingerprint density at radius 2 is 2.27 bits per heavy atom. The van der Waals surface area contributed by atoms with Crippen molar-refractivity contribution in [3.8, 4) is 0 Å². The standard InChI is InChI=1S/C10H12ClFN2O/c11-8-1-2-9(12)7(5-8)3-4-14-6-10(13)15/h1-2,5,14H,3-4,6H2,(H2,13,15). The van der Waals surface area contributed by atoms with Gasteiger partial charge in [-0.3, -0.25) is 4.79 Å². The summed E-state index contributed by atoms with van der Waals surface area (Å²) in [6.07, 6.45) is 0.472. The zero-order valence-corrected chi connectivity index (χ0v) is 8.85. The van der Waals surface area contributed by atoms with Crippen molar-refractivity contribution in [3.05, 3.63) is 34.6 Å². The van der Waals surface area contributed by atoms with Crippen LogP contribution in [0.25, 0.3) is 0 Å². The summed E-state index contributed by atoms with van der Waals surface area (Å²) in [5.74, 6) is -0.721. The minimum atomic E-state index is -0.429. The van der Waals surface area contributed by atoms with Gasteiger partial charge in [-0.25, -0.2) is 4.39 Å². The van der Waals surface area contributed by atoms with E-state index in [-0.39, 0.29) is 12.4 Å². The van der Waals surface area contributed by atoms with Crippen LogP contribution < -0.4 is 11.1 Å². The maximum absolute atomic E-state index is 13.2. The van der Waals surface area contributed by atoms with Crippen LogP contribution >= 0.6 is 11.6 Å². The molecule has 3 nitrogen and oxygen atoms in total. The first-order chi connectivity index (χ1) is 7.09. The molecule has 1 amide bonds. The van der Waals surface area contributed by atoms with E-state index in [0.29, 0.717) is 23.6 Å². The highest BCUT2D eigenvalue weighted by Gasteiger charge is 2.02. The van der Waals surface area contributed by atoms with Crippen molar-refractivity contribution in [1.29, 1.82) is 0 Å². The molecule has 0 aliphatic carbocycles. The second kappa shape index (κ2) is 5.68. The third-order valence-electron chi connectivity index (χ3n) is 1.88. The van der Waals surface area contributed by atoms with Crippen molar-refractivity contribution in [2.75, 3.05) is 13.1 Å². The van der Waals surface area contributed by atoms with Crippen molar-refractivity contribution >= 4 is 17.5 Å². The number of hydrogen-bond donors (Lipinski definition) is 2. The fourth-order valence-electron chi connectivity index (χ4n) is 1.17. The number of amides is 1. The largest absolute Gasteiger partial charge is 0.369 e. The van der Waals surface area contributed by atoms with E-state index < -0.39 is 5.91 Å². The van der Waals surface area contributed by atoms with Crippen molar-refractivity contribution in [1.82, 2.24) is 5.32 Å². The Kier molecular flexibility index (Phi) is 4.52. The van der Waals surface area contributed by atoms with Crippen molar-refractivity contribution < 1.29 is 9.18 Å². The van der Waals surface area contributed by atoms with Gasteiger partial charge in [0.15, 0.2) is 0 Å². The summed E-state index contributed by atoms with van der Waals surface area (Å²) in [5.41, 5.74) is 5.46. The van der Waals surface area contributed by atoms with Crippen LogP contribution in [0.4, 0.5) is 4.39 Å². The van der Waals surface area contributed by atoms with Gasteiger partial charge >= 0.3 is 0 Å². The molecule has 0 atom stereocenters. The SMILES string of the molecule is NC(=O)CNCCc1cc(Cl)ccc1F. The molecule has 0 aliphatic heterocycles. The smallest absolute Gasteiger partial charge is 0.231 e. The summed E-state index contributed by atoms with van der Waals surface area (Å²) in [7, 11) is 0. The molecule has 0 aromatic heterocycles. The lowest BCUT2D eigenvalue weighted by atomic mass is 10.1. The minimum Gasteiger partial charge on any atom is -0.369 e. The molecule has 0 saturated heterocycles. The first-order valence-electron chi connectivity index (χ1n) is 4.52. The minimum absolute atomic E-state index is 0.0994. The third-order valence-corrected chi connectivity index (χ3v) is 2.11. The topological polar surface area (TPSA) is 55.1 Å². The molecule has 3 N–H and O–H groups in total. The summed E-state index contributed by atoms with van der Waals surface area (Å²) in [5, 5.41) is 3.30. The van der Waals surface area contributed by atoms with Crippen LogP contribution in [0.5, 0.6) is 0 Å². The highest BCUT2D eigenvalue weighted by atomic mass is 35.5. The van der Waals surface area contributed by atoms with Gasteiger partial charge in [0.2, 0.25) is 5.91 Å². The van der Waals surface area contributed by atoms with E-state index in [2.05, 4.69) is 5.32 Å². The van der Waals surface area contributed by atoms with Crippen LogP contribution in [-0.4, -0.2) is 19.0 Å². The summed E-state index contributed by atoms with van der Waals surface area (Å²) < 4.78 is 13.2. The first kappa shape index (κ1) is 11.9. The Labute approximate surface area is 92.4 Å². The molecule has 0 bridgehead atoms. The summed E-state index contributed by atoms with van der Waals surface area (Å²) >= 11 is 5.72. The molecule has 0 fully saturated rings. The molecule has 0 aliphatic rings. The third kappa shape index (κ3) is 4.27. The van der Waals surface area contributed by atoms with Crippen LogP contribution in [0.1, 0.15) is 5.56 Å². The van der Waals surface area contributed by atoms with Crippen molar-refractivity contribution in [3.63, 3.8) is 0 Å². The maximum atomic E-state index is 13.2. The Hall–Kier alpha value is -1.13. The van der Waals surface area contributed by atoms with Gasteiger partial charge in [-0.1, -0.05) is 11.6 Å². The number of nitrogens with two attached hydrogens (primary N) is 1. The quantitative estimate of drug-likeness (QED) is 0.745. The predicted molar refractivity (Wildman–Crippen MR) is 57.2 cm³/mol. The zero-order valence-electron chi connectivity index (χ0n) is 8.09. The molecule has 0 heterocycles. The van der Waals surface area contributed by atoms with E-state index in [1.165, 1.54) is 12.1 Å². The lowest BCUT2D eigenvalue weighted by Crippen LogP contribution is -2.30. The lowest BCUT2D eigenvalue weighted by molar-refractivity contribution is -0.117. The number of carbonyl (C=O) groups is 1. The summed E-state index contributed by atoms with van der Waals surface area (Å²) in [6.45, 7) is 0.586. The lowest BCUT2D eigenvalue weighted by Gasteiger charge is -2.04. The number of halogens is 2. The van der Waals surface area contributed by atoms with E-state index in [0.717, 1.165) is 0 Å². The molecule has 0 radical (unpaired) electrons. The molecular weight excluding hydrogens is 219 g/mol. The monoisotopic (exact) mass is 230 g/mol. The van der Waals surface area contributed by atoms with Gasteiger partial charge in [0.25, 0.3) is 0 Å².